The van der Waals surface area contributed by atoms with Crippen molar-refractivity contribution in [3.63, 3.8) is 0 Å². The van der Waals surface area contributed by atoms with Gasteiger partial charge in [0.25, 0.3) is 0 Å². The first-order valence-corrected chi connectivity index (χ1v) is 16.8. The van der Waals surface area contributed by atoms with E-state index in [1.807, 2.05) is 0 Å². The van der Waals surface area contributed by atoms with Crippen LogP contribution in [0.4, 0.5) is 17.1 Å². The van der Waals surface area contributed by atoms with E-state index in [9.17, 15) is 0 Å². The van der Waals surface area contributed by atoms with E-state index in [0.29, 0.717) is 0 Å². The Morgan fingerprint density at radius 2 is 0.958 bits per heavy atom. The van der Waals surface area contributed by atoms with Crippen LogP contribution in [0, 0.1) is 0 Å². The molecule has 1 nitrogen and oxygen atoms in total. The van der Waals surface area contributed by atoms with Crippen LogP contribution in [0.1, 0.15) is 25.0 Å². The van der Waals surface area contributed by atoms with Crippen LogP contribution in [0.25, 0.3) is 54.9 Å². The van der Waals surface area contributed by atoms with Gasteiger partial charge in [0.15, 0.2) is 0 Å². The molecule has 0 aromatic heterocycles. The molecule has 1 aliphatic rings. The summed E-state index contributed by atoms with van der Waals surface area (Å²) in [6, 6.07) is 64.5. The smallest absolute Gasteiger partial charge is 0.0467 e. The Kier molecular flexibility index (Phi) is 6.55. The highest BCUT2D eigenvalue weighted by Crippen LogP contribution is 2.50. The fraction of sp³-hybridized carbons (Fsp3) is 0.0638. The number of rotatable bonds is 5. The molecule has 0 atom stereocenters. The predicted molar refractivity (Wildman–Crippen MR) is 205 cm³/mol. The van der Waals surface area contributed by atoms with E-state index >= 15 is 0 Å². The van der Waals surface area contributed by atoms with Crippen LogP contribution in [0.3, 0.4) is 0 Å². The Balaban J connectivity index is 1.19. The highest BCUT2D eigenvalue weighted by atomic mass is 15.1. The third-order valence-corrected chi connectivity index (χ3v) is 10.2. The lowest BCUT2D eigenvalue weighted by Gasteiger charge is -2.28. The first-order chi connectivity index (χ1) is 23.5. The average molecular weight is 614 g/mol. The number of anilines is 3. The molecule has 0 spiro atoms. The number of fused-ring (bicyclic) bond motifs is 5. The van der Waals surface area contributed by atoms with Crippen LogP contribution in [0.5, 0.6) is 0 Å². The zero-order valence-corrected chi connectivity index (χ0v) is 27.2. The Labute approximate surface area is 282 Å². The quantitative estimate of drug-likeness (QED) is 0.187. The van der Waals surface area contributed by atoms with Gasteiger partial charge in [-0.15, -0.1) is 0 Å². The molecule has 1 heteroatoms. The van der Waals surface area contributed by atoms with Crippen molar-refractivity contribution in [3.05, 3.63) is 187 Å². The van der Waals surface area contributed by atoms with E-state index in [2.05, 4.69) is 195 Å². The van der Waals surface area contributed by atoms with Gasteiger partial charge in [-0.05, 0) is 109 Å². The normalized spacial score (nSPS) is 13.0. The summed E-state index contributed by atoms with van der Waals surface area (Å²) in [6.07, 6.45) is 0. The van der Waals surface area contributed by atoms with E-state index in [0.717, 1.165) is 17.1 Å². The van der Waals surface area contributed by atoms with Gasteiger partial charge in [0, 0.05) is 22.5 Å². The van der Waals surface area contributed by atoms with E-state index in [1.165, 1.54) is 66.1 Å². The predicted octanol–water partition coefficient (Wildman–Crippen LogP) is 13.1. The number of nitrogens with zero attached hydrogens (tertiary/aromatic N) is 1. The SMILES string of the molecule is CC1(C)c2ccccc2-c2ccc(N(c3ccc(-c4cccc5ccccc45)cc3)c3cccc(-c4ccc5ccccc5c4)c3)cc21. The third kappa shape index (κ3) is 4.62. The lowest BCUT2D eigenvalue weighted by Crippen LogP contribution is -2.16. The molecule has 8 aromatic rings. The van der Waals surface area contributed by atoms with Crippen LogP contribution in [0.2, 0.25) is 0 Å². The molecule has 9 rings (SSSR count). The number of hydrogen-bond acceptors (Lipinski definition) is 1. The van der Waals surface area contributed by atoms with Gasteiger partial charge >= 0.3 is 0 Å². The summed E-state index contributed by atoms with van der Waals surface area (Å²) in [6.45, 7) is 4.70. The van der Waals surface area contributed by atoms with Crippen LogP contribution >= 0.6 is 0 Å². The van der Waals surface area contributed by atoms with Crippen molar-refractivity contribution in [3.8, 4) is 33.4 Å². The van der Waals surface area contributed by atoms with Crippen LogP contribution in [-0.4, -0.2) is 0 Å². The highest BCUT2D eigenvalue weighted by Gasteiger charge is 2.35. The lowest BCUT2D eigenvalue weighted by molar-refractivity contribution is 0.660. The minimum Gasteiger partial charge on any atom is -0.310 e. The zero-order valence-electron chi connectivity index (χ0n) is 27.2. The standard InChI is InChI=1S/C47H35N/c1-47(2)45-20-8-7-18-43(45)44-28-27-40(31-46(44)47)48(38-25-23-34(24-26-38)42-19-10-14-33-12-5-6-17-41(33)42)39-16-9-15-36(30-39)37-22-21-32-11-3-4-13-35(32)29-37/h3-31H,1-2H3. The number of hydrogen-bond donors (Lipinski definition) is 0. The van der Waals surface area contributed by atoms with Gasteiger partial charge in [0.1, 0.15) is 0 Å². The van der Waals surface area contributed by atoms with Gasteiger partial charge in [-0.3, -0.25) is 0 Å². The molecule has 0 amide bonds. The van der Waals surface area contributed by atoms with Crippen LogP contribution < -0.4 is 4.90 Å². The van der Waals surface area contributed by atoms with E-state index in [-0.39, 0.29) is 5.41 Å². The third-order valence-electron chi connectivity index (χ3n) is 10.2. The molecule has 0 N–H and O–H groups in total. The first-order valence-electron chi connectivity index (χ1n) is 16.8. The molecule has 0 heterocycles. The summed E-state index contributed by atoms with van der Waals surface area (Å²) in [4.78, 5) is 2.41. The second-order valence-corrected chi connectivity index (χ2v) is 13.4. The molecule has 0 unspecified atom stereocenters. The first kappa shape index (κ1) is 28.3. The minimum atomic E-state index is -0.0846. The van der Waals surface area contributed by atoms with Crippen molar-refractivity contribution in [2.45, 2.75) is 19.3 Å². The van der Waals surface area contributed by atoms with Gasteiger partial charge in [-0.2, -0.15) is 0 Å². The Morgan fingerprint density at radius 1 is 0.354 bits per heavy atom. The molecule has 0 aliphatic heterocycles. The van der Waals surface area contributed by atoms with Gasteiger partial charge in [0.2, 0.25) is 0 Å². The zero-order chi connectivity index (χ0) is 32.2. The van der Waals surface area contributed by atoms with E-state index in [1.54, 1.807) is 0 Å². The lowest BCUT2D eigenvalue weighted by atomic mass is 9.82. The van der Waals surface area contributed by atoms with Gasteiger partial charge < -0.3 is 4.90 Å². The molecule has 1 aliphatic carbocycles. The topological polar surface area (TPSA) is 3.24 Å². The van der Waals surface area contributed by atoms with Crippen molar-refractivity contribution >= 4 is 38.6 Å². The Hall–Kier alpha value is -5.92. The number of benzene rings is 8. The Bertz CT molecular complexity index is 2480. The maximum atomic E-state index is 2.41. The average Bonchev–Trinajstić information content (AvgIpc) is 3.37. The van der Waals surface area contributed by atoms with Crippen molar-refractivity contribution in [1.29, 1.82) is 0 Å². The van der Waals surface area contributed by atoms with Crippen molar-refractivity contribution in [2.24, 2.45) is 0 Å². The van der Waals surface area contributed by atoms with Crippen LogP contribution in [0.15, 0.2) is 176 Å². The summed E-state index contributed by atoms with van der Waals surface area (Å²) < 4.78 is 0. The van der Waals surface area contributed by atoms with Gasteiger partial charge in [0.05, 0.1) is 0 Å². The second-order valence-electron chi connectivity index (χ2n) is 13.4. The Morgan fingerprint density at radius 3 is 1.83 bits per heavy atom. The summed E-state index contributed by atoms with van der Waals surface area (Å²) in [5.41, 5.74) is 13.6. The molecule has 0 fully saturated rings. The largest absolute Gasteiger partial charge is 0.310 e. The fourth-order valence-corrected chi connectivity index (χ4v) is 7.74. The summed E-state index contributed by atoms with van der Waals surface area (Å²) in [5, 5.41) is 5.04. The fourth-order valence-electron chi connectivity index (χ4n) is 7.74. The second kappa shape index (κ2) is 11.1. The monoisotopic (exact) mass is 613 g/mol. The molecule has 228 valence electrons. The van der Waals surface area contributed by atoms with Crippen molar-refractivity contribution in [2.75, 3.05) is 4.90 Å². The molecular weight excluding hydrogens is 579 g/mol. The molecule has 48 heavy (non-hydrogen) atoms. The summed E-state index contributed by atoms with van der Waals surface area (Å²) in [7, 11) is 0. The summed E-state index contributed by atoms with van der Waals surface area (Å²) >= 11 is 0. The molecular formula is C47H35N. The molecule has 8 aromatic carbocycles. The molecule has 0 bridgehead atoms. The molecule has 0 radical (unpaired) electrons. The minimum absolute atomic E-state index is 0.0846. The summed E-state index contributed by atoms with van der Waals surface area (Å²) in [5.74, 6) is 0. The highest BCUT2D eigenvalue weighted by molar-refractivity contribution is 5.97. The molecule has 0 saturated heterocycles. The van der Waals surface area contributed by atoms with E-state index in [4.69, 9.17) is 0 Å². The maximum Gasteiger partial charge on any atom is 0.0467 e. The van der Waals surface area contributed by atoms with Crippen LogP contribution in [-0.2, 0) is 5.41 Å². The van der Waals surface area contributed by atoms with E-state index < -0.39 is 0 Å². The van der Waals surface area contributed by atoms with Crippen molar-refractivity contribution in [1.82, 2.24) is 0 Å². The van der Waals surface area contributed by atoms with Gasteiger partial charge in [-0.25, -0.2) is 0 Å². The van der Waals surface area contributed by atoms with Crippen molar-refractivity contribution < 1.29 is 0 Å². The maximum absolute atomic E-state index is 2.41. The molecule has 0 saturated carbocycles. The van der Waals surface area contributed by atoms with Gasteiger partial charge in [-0.1, -0.05) is 147 Å².